The number of aryl methyl sites for hydroxylation is 1. The first kappa shape index (κ1) is 19.8. The second kappa shape index (κ2) is 9.35. The van der Waals surface area contributed by atoms with Gasteiger partial charge in [0.05, 0.1) is 18.3 Å². The zero-order valence-corrected chi connectivity index (χ0v) is 17.4. The topological polar surface area (TPSA) is 77.2 Å². The highest BCUT2D eigenvalue weighted by atomic mass is 16.5. The standard InChI is InChI=1S/C23H26N6O/c1-3-5-15-30-20-13-9-6-10-17(20)16-24-27-23-25-22-21(26-28-23)18-11-7-8-12-19(18)29(22)14-4-2/h6-13,16H,3-5,14-15H2,1-2H3,(H,25,27,28)/b24-16+. The first-order valence-electron chi connectivity index (χ1n) is 10.4. The van der Waals surface area contributed by atoms with Crippen LogP contribution in [0, 0.1) is 0 Å². The Morgan fingerprint density at radius 3 is 2.73 bits per heavy atom. The van der Waals surface area contributed by atoms with Crippen LogP contribution in [0.3, 0.4) is 0 Å². The van der Waals surface area contributed by atoms with Gasteiger partial charge in [0.25, 0.3) is 5.95 Å². The number of aromatic nitrogens is 4. The molecular formula is C23H26N6O. The van der Waals surface area contributed by atoms with Gasteiger partial charge < -0.3 is 9.30 Å². The Hall–Kier alpha value is -3.48. The smallest absolute Gasteiger partial charge is 0.265 e. The van der Waals surface area contributed by atoms with Crippen LogP contribution in [0.1, 0.15) is 38.7 Å². The van der Waals surface area contributed by atoms with Crippen molar-refractivity contribution in [2.24, 2.45) is 5.10 Å². The lowest BCUT2D eigenvalue weighted by molar-refractivity contribution is 0.309. The molecule has 2 aromatic carbocycles. The summed E-state index contributed by atoms with van der Waals surface area (Å²) in [5, 5.41) is 14.0. The molecule has 0 aliphatic heterocycles. The van der Waals surface area contributed by atoms with Gasteiger partial charge in [0.15, 0.2) is 5.65 Å². The number of nitrogens with one attached hydrogen (secondary N) is 1. The highest BCUT2D eigenvalue weighted by molar-refractivity contribution is 6.04. The van der Waals surface area contributed by atoms with Crippen LogP contribution in [0.4, 0.5) is 5.95 Å². The summed E-state index contributed by atoms with van der Waals surface area (Å²) in [6, 6.07) is 16.0. The van der Waals surface area contributed by atoms with Crippen LogP contribution in [-0.2, 0) is 6.54 Å². The number of fused-ring (bicyclic) bond motifs is 3. The minimum absolute atomic E-state index is 0.364. The zero-order valence-electron chi connectivity index (χ0n) is 17.4. The van der Waals surface area contributed by atoms with E-state index in [1.807, 2.05) is 36.4 Å². The van der Waals surface area contributed by atoms with Gasteiger partial charge in [-0.3, -0.25) is 0 Å². The SMILES string of the molecule is CCCCOc1ccccc1/C=N/Nc1nnc2c3ccccc3n(CCC)c2n1. The van der Waals surface area contributed by atoms with Crippen LogP contribution in [0.2, 0.25) is 0 Å². The molecule has 0 bridgehead atoms. The Labute approximate surface area is 175 Å². The number of unbranched alkanes of at least 4 members (excludes halogenated alkanes) is 1. The molecule has 0 saturated carbocycles. The van der Waals surface area contributed by atoms with Crippen LogP contribution in [0.5, 0.6) is 5.75 Å². The van der Waals surface area contributed by atoms with Gasteiger partial charge in [-0.25, -0.2) is 5.43 Å². The minimum atomic E-state index is 0.364. The number of rotatable bonds is 9. The largest absolute Gasteiger partial charge is 0.493 e. The van der Waals surface area contributed by atoms with Crippen molar-refractivity contribution in [2.45, 2.75) is 39.7 Å². The minimum Gasteiger partial charge on any atom is -0.493 e. The number of hydrogen-bond acceptors (Lipinski definition) is 6. The fourth-order valence-corrected chi connectivity index (χ4v) is 3.41. The van der Waals surface area contributed by atoms with E-state index in [4.69, 9.17) is 4.74 Å². The van der Waals surface area contributed by atoms with Crippen LogP contribution < -0.4 is 10.2 Å². The van der Waals surface area contributed by atoms with E-state index in [-0.39, 0.29) is 0 Å². The lowest BCUT2D eigenvalue weighted by atomic mass is 10.2. The van der Waals surface area contributed by atoms with Crippen molar-refractivity contribution in [1.29, 1.82) is 0 Å². The van der Waals surface area contributed by atoms with Crippen molar-refractivity contribution < 1.29 is 4.74 Å². The maximum Gasteiger partial charge on any atom is 0.265 e. The summed E-state index contributed by atoms with van der Waals surface area (Å²) < 4.78 is 8.03. The molecule has 0 atom stereocenters. The maximum absolute atomic E-state index is 5.85. The van der Waals surface area contributed by atoms with Crippen molar-refractivity contribution in [3.8, 4) is 5.75 Å². The number of anilines is 1. The predicted molar refractivity (Wildman–Crippen MR) is 121 cm³/mol. The van der Waals surface area contributed by atoms with Crippen LogP contribution in [0.25, 0.3) is 22.1 Å². The third kappa shape index (κ3) is 4.10. The van der Waals surface area contributed by atoms with Gasteiger partial charge in [-0.15, -0.1) is 10.2 Å². The molecular weight excluding hydrogens is 376 g/mol. The highest BCUT2D eigenvalue weighted by Gasteiger charge is 2.13. The van der Waals surface area contributed by atoms with Crippen molar-refractivity contribution >= 4 is 34.2 Å². The molecule has 154 valence electrons. The molecule has 30 heavy (non-hydrogen) atoms. The number of hydrazone groups is 1. The normalized spacial score (nSPS) is 11.5. The van der Waals surface area contributed by atoms with E-state index in [9.17, 15) is 0 Å². The molecule has 0 saturated heterocycles. The van der Waals surface area contributed by atoms with E-state index >= 15 is 0 Å². The summed E-state index contributed by atoms with van der Waals surface area (Å²) >= 11 is 0. The first-order chi connectivity index (χ1) is 14.8. The summed E-state index contributed by atoms with van der Waals surface area (Å²) in [6.45, 7) is 5.86. The monoisotopic (exact) mass is 402 g/mol. The molecule has 0 spiro atoms. The van der Waals surface area contributed by atoms with Crippen LogP contribution >= 0.6 is 0 Å². The van der Waals surface area contributed by atoms with Gasteiger partial charge in [0.2, 0.25) is 0 Å². The lowest BCUT2D eigenvalue weighted by Gasteiger charge is -2.08. The molecule has 7 heteroatoms. The zero-order chi connectivity index (χ0) is 20.8. The Morgan fingerprint density at radius 2 is 1.87 bits per heavy atom. The predicted octanol–water partition coefficient (Wildman–Crippen LogP) is 5.01. The van der Waals surface area contributed by atoms with Crippen molar-refractivity contribution in [3.63, 3.8) is 0 Å². The lowest BCUT2D eigenvalue weighted by Crippen LogP contribution is -2.03. The Morgan fingerprint density at radius 1 is 1.03 bits per heavy atom. The number of para-hydroxylation sites is 2. The Balaban J connectivity index is 1.58. The molecule has 2 heterocycles. The molecule has 2 aromatic heterocycles. The average Bonchev–Trinajstić information content (AvgIpc) is 3.09. The van der Waals surface area contributed by atoms with Gasteiger partial charge in [-0.05, 0) is 31.0 Å². The van der Waals surface area contributed by atoms with E-state index in [0.717, 1.165) is 59.2 Å². The number of nitrogens with zero attached hydrogens (tertiary/aromatic N) is 5. The second-order valence-corrected chi connectivity index (χ2v) is 7.09. The third-order valence-corrected chi connectivity index (χ3v) is 4.86. The van der Waals surface area contributed by atoms with Crippen molar-refractivity contribution in [2.75, 3.05) is 12.0 Å². The molecule has 0 fully saturated rings. The summed E-state index contributed by atoms with van der Waals surface area (Å²) in [5.74, 6) is 1.18. The molecule has 0 aliphatic carbocycles. The molecule has 7 nitrogen and oxygen atoms in total. The van der Waals surface area contributed by atoms with Gasteiger partial charge in [-0.2, -0.15) is 10.1 Å². The van der Waals surface area contributed by atoms with Gasteiger partial charge >= 0.3 is 0 Å². The van der Waals surface area contributed by atoms with Crippen molar-refractivity contribution in [3.05, 3.63) is 54.1 Å². The average molecular weight is 403 g/mol. The summed E-state index contributed by atoms with van der Waals surface area (Å²) in [6.07, 6.45) is 4.85. The second-order valence-electron chi connectivity index (χ2n) is 7.09. The van der Waals surface area contributed by atoms with E-state index in [1.54, 1.807) is 6.21 Å². The highest BCUT2D eigenvalue weighted by Crippen LogP contribution is 2.26. The first-order valence-corrected chi connectivity index (χ1v) is 10.4. The molecule has 4 rings (SSSR count). The molecule has 0 amide bonds. The Kier molecular flexibility index (Phi) is 6.17. The van der Waals surface area contributed by atoms with Crippen LogP contribution in [-0.4, -0.2) is 32.6 Å². The van der Waals surface area contributed by atoms with Gasteiger partial charge in [0, 0.05) is 17.5 Å². The van der Waals surface area contributed by atoms with E-state index < -0.39 is 0 Å². The molecule has 0 unspecified atom stereocenters. The van der Waals surface area contributed by atoms with Crippen molar-refractivity contribution in [1.82, 2.24) is 19.7 Å². The maximum atomic E-state index is 5.85. The molecule has 0 radical (unpaired) electrons. The molecule has 1 N–H and O–H groups in total. The molecule has 0 aliphatic rings. The van der Waals surface area contributed by atoms with Gasteiger partial charge in [-0.1, -0.05) is 50.6 Å². The van der Waals surface area contributed by atoms with E-state index in [2.05, 4.69) is 56.3 Å². The van der Waals surface area contributed by atoms with Gasteiger partial charge in [0.1, 0.15) is 11.3 Å². The number of benzene rings is 2. The number of ether oxygens (including phenoxy) is 1. The quantitative estimate of drug-likeness (QED) is 0.242. The summed E-state index contributed by atoms with van der Waals surface area (Å²) in [4.78, 5) is 4.68. The summed E-state index contributed by atoms with van der Waals surface area (Å²) in [5.41, 5.74) is 6.55. The van der Waals surface area contributed by atoms with Crippen LogP contribution in [0.15, 0.2) is 53.6 Å². The third-order valence-electron chi connectivity index (χ3n) is 4.86. The molecule has 4 aromatic rings. The van der Waals surface area contributed by atoms with E-state index in [0.29, 0.717) is 12.6 Å². The summed E-state index contributed by atoms with van der Waals surface area (Å²) in [7, 11) is 0. The fraction of sp³-hybridized carbons (Fsp3) is 0.304. The number of hydrogen-bond donors (Lipinski definition) is 1. The Bertz CT molecular complexity index is 1170. The fourth-order valence-electron chi connectivity index (χ4n) is 3.41. The van der Waals surface area contributed by atoms with E-state index in [1.165, 1.54) is 0 Å².